The minimum absolute atomic E-state index is 0.0679. The number of nitrogens with zero attached hydrogens (tertiary/aromatic N) is 1. The van der Waals surface area contributed by atoms with Crippen molar-refractivity contribution in [3.63, 3.8) is 0 Å². The molecule has 1 atom stereocenters. The molecule has 0 aliphatic rings. The van der Waals surface area contributed by atoms with Crippen LogP contribution in [0.3, 0.4) is 0 Å². The molecule has 0 amide bonds. The fraction of sp³-hybridized carbons (Fsp3) is 0.278. The Bertz CT molecular complexity index is 849. The Balaban J connectivity index is 2.06. The first kappa shape index (κ1) is 19.3. The van der Waals surface area contributed by atoms with Crippen molar-refractivity contribution in [3.05, 3.63) is 58.6 Å². The van der Waals surface area contributed by atoms with E-state index in [2.05, 4.69) is 9.93 Å². The van der Waals surface area contributed by atoms with Gasteiger partial charge >= 0.3 is 0 Å². The molecule has 0 heterocycles. The van der Waals surface area contributed by atoms with Gasteiger partial charge in [0.05, 0.1) is 22.2 Å². The molecule has 7 heteroatoms. The van der Waals surface area contributed by atoms with Gasteiger partial charge in [-0.05, 0) is 56.2 Å². The third-order valence-corrected chi connectivity index (χ3v) is 5.11. The van der Waals surface area contributed by atoms with Crippen molar-refractivity contribution < 1.29 is 13.2 Å². The molecule has 2 aromatic rings. The summed E-state index contributed by atoms with van der Waals surface area (Å²) in [5.41, 5.74) is 1.64. The molecule has 0 radical (unpaired) electrons. The molecule has 0 aliphatic carbocycles. The summed E-state index contributed by atoms with van der Waals surface area (Å²) in [6, 6.07) is 11.7. The smallest absolute Gasteiger partial charge is 0.276 e. The number of hydrazone groups is 1. The van der Waals surface area contributed by atoms with Crippen LogP contribution in [0.15, 0.2) is 52.5 Å². The molecule has 0 unspecified atom stereocenters. The largest absolute Gasteiger partial charge is 0.489 e. The molecule has 134 valence electrons. The van der Waals surface area contributed by atoms with Crippen LogP contribution in [0, 0.1) is 6.92 Å². The van der Waals surface area contributed by atoms with Gasteiger partial charge in [0.2, 0.25) is 0 Å². The van der Waals surface area contributed by atoms with Crippen LogP contribution in [-0.2, 0) is 10.0 Å². The number of aryl methyl sites for hydroxylation is 1. The molecular formula is C18H21ClN2O3S. The van der Waals surface area contributed by atoms with Crippen LogP contribution in [0.2, 0.25) is 5.02 Å². The molecule has 2 rings (SSSR count). The Morgan fingerprint density at radius 1 is 1.24 bits per heavy atom. The van der Waals surface area contributed by atoms with Gasteiger partial charge in [0, 0.05) is 0 Å². The van der Waals surface area contributed by atoms with Crippen LogP contribution < -0.4 is 9.57 Å². The topological polar surface area (TPSA) is 67.8 Å². The predicted molar refractivity (Wildman–Crippen MR) is 101 cm³/mol. The van der Waals surface area contributed by atoms with E-state index >= 15 is 0 Å². The molecule has 0 aromatic heterocycles. The average molecular weight is 381 g/mol. The van der Waals surface area contributed by atoms with Gasteiger partial charge in [-0.3, -0.25) is 0 Å². The van der Waals surface area contributed by atoms with E-state index in [1.165, 1.54) is 18.3 Å². The lowest BCUT2D eigenvalue weighted by Gasteiger charge is -2.13. The van der Waals surface area contributed by atoms with E-state index in [1.807, 2.05) is 20.8 Å². The molecular weight excluding hydrogens is 360 g/mol. The maximum absolute atomic E-state index is 12.1. The minimum Gasteiger partial charge on any atom is -0.489 e. The van der Waals surface area contributed by atoms with Gasteiger partial charge < -0.3 is 4.74 Å². The van der Waals surface area contributed by atoms with E-state index < -0.39 is 10.0 Å². The molecule has 0 spiro atoms. The molecule has 2 aromatic carbocycles. The summed E-state index contributed by atoms with van der Waals surface area (Å²) in [6.07, 6.45) is 2.34. The SMILES string of the molecule is CC[C@H](C)Oc1ccc(/C=N\NS(=O)(=O)c2ccc(C)cc2)cc1Cl. The zero-order valence-corrected chi connectivity index (χ0v) is 15.9. The first-order valence-electron chi connectivity index (χ1n) is 7.89. The standard InChI is InChI=1S/C18H21ClN2O3S/c1-4-14(3)24-18-10-7-15(11-17(18)19)12-20-21-25(22,23)16-8-5-13(2)6-9-16/h5-12,14,21H,4H2,1-3H3/b20-12-/t14-/m0/s1. The number of hydrogen-bond acceptors (Lipinski definition) is 4. The first-order valence-corrected chi connectivity index (χ1v) is 9.75. The van der Waals surface area contributed by atoms with E-state index in [0.29, 0.717) is 16.3 Å². The zero-order valence-electron chi connectivity index (χ0n) is 14.4. The monoisotopic (exact) mass is 380 g/mol. The van der Waals surface area contributed by atoms with Crippen molar-refractivity contribution in [2.24, 2.45) is 5.10 Å². The van der Waals surface area contributed by atoms with Crippen LogP contribution in [0.1, 0.15) is 31.4 Å². The van der Waals surface area contributed by atoms with Crippen LogP contribution in [0.25, 0.3) is 0 Å². The fourth-order valence-corrected chi connectivity index (χ4v) is 2.96. The van der Waals surface area contributed by atoms with Crippen LogP contribution >= 0.6 is 11.6 Å². The lowest BCUT2D eigenvalue weighted by Crippen LogP contribution is -2.18. The van der Waals surface area contributed by atoms with Crippen molar-refractivity contribution in [1.29, 1.82) is 0 Å². The summed E-state index contributed by atoms with van der Waals surface area (Å²) >= 11 is 6.18. The summed E-state index contributed by atoms with van der Waals surface area (Å²) < 4.78 is 30.0. The first-order chi connectivity index (χ1) is 11.8. The molecule has 0 aliphatic heterocycles. The van der Waals surface area contributed by atoms with Crippen molar-refractivity contribution in [2.75, 3.05) is 0 Å². The second-order valence-corrected chi connectivity index (χ2v) is 7.76. The van der Waals surface area contributed by atoms with Gasteiger partial charge in [-0.15, -0.1) is 0 Å². The van der Waals surface area contributed by atoms with Crippen molar-refractivity contribution in [2.45, 2.75) is 38.2 Å². The number of ether oxygens (including phenoxy) is 1. The highest BCUT2D eigenvalue weighted by atomic mass is 35.5. The summed E-state index contributed by atoms with van der Waals surface area (Å²) in [7, 11) is -3.69. The number of rotatable bonds is 7. The summed E-state index contributed by atoms with van der Waals surface area (Å²) in [6.45, 7) is 5.88. The number of benzene rings is 2. The maximum Gasteiger partial charge on any atom is 0.276 e. The van der Waals surface area contributed by atoms with E-state index in [0.717, 1.165) is 12.0 Å². The molecule has 0 saturated carbocycles. The summed E-state index contributed by atoms with van der Waals surface area (Å²) in [5.74, 6) is 0.591. The predicted octanol–water partition coefficient (Wildman–Crippen LogP) is 4.14. The third kappa shape index (κ3) is 5.47. The number of sulfonamides is 1. The second-order valence-electron chi connectivity index (χ2n) is 5.69. The zero-order chi connectivity index (χ0) is 18.4. The number of hydrogen-bond donors (Lipinski definition) is 1. The highest BCUT2D eigenvalue weighted by molar-refractivity contribution is 7.89. The van der Waals surface area contributed by atoms with Crippen LogP contribution in [0.5, 0.6) is 5.75 Å². The van der Waals surface area contributed by atoms with Gasteiger partial charge in [-0.25, -0.2) is 4.83 Å². The van der Waals surface area contributed by atoms with Gasteiger partial charge in [0.25, 0.3) is 10.0 Å². The molecule has 0 fully saturated rings. The second kappa shape index (κ2) is 8.36. The molecule has 0 bridgehead atoms. The van der Waals surface area contributed by atoms with Crippen LogP contribution in [0.4, 0.5) is 0 Å². The molecule has 25 heavy (non-hydrogen) atoms. The third-order valence-electron chi connectivity index (χ3n) is 3.58. The maximum atomic E-state index is 12.1. The highest BCUT2D eigenvalue weighted by Crippen LogP contribution is 2.26. The number of halogens is 1. The fourth-order valence-electron chi connectivity index (χ4n) is 1.93. The number of nitrogens with one attached hydrogen (secondary N) is 1. The van der Waals surface area contributed by atoms with Gasteiger partial charge in [-0.1, -0.05) is 36.2 Å². The Morgan fingerprint density at radius 3 is 2.52 bits per heavy atom. The van der Waals surface area contributed by atoms with Crippen molar-refractivity contribution in [3.8, 4) is 5.75 Å². The van der Waals surface area contributed by atoms with Crippen molar-refractivity contribution in [1.82, 2.24) is 4.83 Å². The molecule has 5 nitrogen and oxygen atoms in total. The minimum atomic E-state index is -3.69. The van der Waals surface area contributed by atoms with Crippen molar-refractivity contribution >= 4 is 27.8 Å². The Hall–Kier alpha value is -2.05. The normalized spacial score (nSPS) is 13.0. The van der Waals surface area contributed by atoms with Crippen LogP contribution in [-0.4, -0.2) is 20.7 Å². The molecule has 0 saturated heterocycles. The summed E-state index contributed by atoms with van der Waals surface area (Å²) in [4.78, 5) is 2.34. The Morgan fingerprint density at radius 2 is 1.92 bits per heavy atom. The van der Waals surface area contributed by atoms with E-state index in [-0.39, 0.29) is 11.0 Å². The highest BCUT2D eigenvalue weighted by Gasteiger charge is 2.12. The van der Waals surface area contributed by atoms with E-state index in [9.17, 15) is 8.42 Å². The van der Waals surface area contributed by atoms with Gasteiger partial charge in [0.15, 0.2) is 0 Å². The summed E-state index contributed by atoms with van der Waals surface area (Å²) in [5, 5.41) is 4.25. The molecule has 1 N–H and O–H groups in total. The quantitative estimate of drug-likeness (QED) is 0.579. The lowest BCUT2D eigenvalue weighted by atomic mass is 10.2. The van der Waals surface area contributed by atoms with Gasteiger partial charge in [-0.2, -0.15) is 13.5 Å². The Kier molecular flexibility index (Phi) is 6.45. The lowest BCUT2D eigenvalue weighted by molar-refractivity contribution is 0.217. The average Bonchev–Trinajstić information content (AvgIpc) is 2.57. The Labute approximate surface area is 153 Å². The van der Waals surface area contributed by atoms with E-state index in [4.69, 9.17) is 16.3 Å². The van der Waals surface area contributed by atoms with E-state index in [1.54, 1.807) is 30.3 Å². The van der Waals surface area contributed by atoms with Gasteiger partial charge in [0.1, 0.15) is 5.75 Å².